The number of esters is 1. The fourth-order valence-electron chi connectivity index (χ4n) is 3.39. The molecule has 1 unspecified atom stereocenters. The number of rotatable bonds is 5. The van der Waals surface area contributed by atoms with Gasteiger partial charge in [0.2, 0.25) is 11.8 Å². The molecule has 2 aliphatic rings. The molecule has 1 aromatic heterocycles. The average Bonchev–Trinajstić information content (AvgIpc) is 3.28. The first-order valence-corrected chi connectivity index (χ1v) is 9.46. The Bertz CT molecular complexity index is 698. The number of methoxy groups -OCH3 is 1. The second kappa shape index (κ2) is 7.73. The van der Waals surface area contributed by atoms with Gasteiger partial charge >= 0.3 is 5.97 Å². The molecule has 1 atom stereocenters. The van der Waals surface area contributed by atoms with Gasteiger partial charge in [0.15, 0.2) is 0 Å². The molecule has 2 saturated heterocycles. The lowest BCUT2D eigenvalue weighted by molar-refractivity contribution is -0.138. The number of carbonyl (C=O) groups is 3. The number of hydrogen-bond acceptors (Lipinski definition) is 7. The number of carbonyl (C=O) groups excluding carboxylic acids is 3. The minimum Gasteiger partial charge on any atom is -0.465 e. The molecule has 142 valence electrons. The molecular formula is C17H23N3O5S. The van der Waals surface area contributed by atoms with Crippen molar-refractivity contribution in [2.75, 3.05) is 38.3 Å². The van der Waals surface area contributed by atoms with Gasteiger partial charge in [0.25, 0.3) is 0 Å². The zero-order valence-corrected chi connectivity index (χ0v) is 15.5. The van der Waals surface area contributed by atoms with E-state index in [1.807, 2.05) is 0 Å². The van der Waals surface area contributed by atoms with Crippen molar-refractivity contribution in [3.05, 3.63) is 17.0 Å². The Morgan fingerprint density at radius 2 is 2.19 bits per heavy atom. The topological polar surface area (TPSA) is 111 Å². The highest BCUT2D eigenvalue weighted by atomic mass is 32.1. The van der Waals surface area contributed by atoms with Gasteiger partial charge in [-0.05, 0) is 30.7 Å². The van der Waals surface area contributed by atoms with Crippen LogP contribution >= 0.6 is 11.3 Å². The van der Waals surface area contributed by atoms with E-state index < -0.39 is 17.4 Å². The number of ether oxygens (including phenoxy) is 2. The highest BCUT2D eigenvalue weighted by Crippen LogP contribution is 2.33. The summed E-state index contributed by atoms with van der Waals surface area (Å²) in [6.07, 6.45) is 1.59. The first kappa shape index (κ1) is 18.8. The van der Waals surface area contributed by atoms with Crippen LogP contribution in [-0.4, -0.2) is 57.2 Å². The Morgan fingerprint density at radius 1 is 1.46 bits per heavy atom. The molecule has 9 heteroatoms. The van der Waals surface area contributed by atoms with Crippen LogP contribution in [0, 0.1) is 5.41 Å². The molecule has 0 bridgehead atoms. The van der Waals surface area contributed by atoms with Gasteiger partial charge in [0.05, 0.1) is 18.1 Å². The maximum Gasteiger partial charge on any atom is 0.340 e. The van der Waals surface area contributed by atoms with Crippen molar-refractivity contribution in [2.24, 2.45) is 11.1 Å². The van der Waals surface area contributed by atoms with Crippen molar-refractivity contribution in [3.63, 3.8) is 0 Å². The van der Waals surface area contributed by atoms with E-state index >= 15 is 0 Å². The van der Waals surface area contributed by atoms with Crippen molar-refractivity contribution in [1.82, 2.24) is 5.32 Å². The molecule has 3 rings (SSSR count). The summed E-state index contributed by atoms with van der Waals surface area (Å²) in [6.45, 7) is 1.65. The van der Waals surface area contributed by atoms with Crippen LogP contribution in [0.15, 0.2) is 11.4 Å². The van der Waals surface area contributed by atoms with Crippen LogP contribution in [0.25, 0.3) is 0 Å². The molecule has 1 aromatic rings. The second-order valence-electron chi connectivity index (χ2n) is 6.53. The van der Waals surface area contributed by atoms with Crippen LogP contribution in [0.2, 0.25) is 0 Å². The first-order chi connectivity index (χ1) is 12.5. The van der Waals surface area contributed by atoms with Crippen LogP contribution in [0.5, 0.6) is 0 Å². The zero-order valence-electron chi connectivity index (χ0n) is 14.7. The lowest BCUT2D eigenvalue weighted by Crippen LogP contribution is -2.53. The third-order valence-electron chi connectivity index (χ3n) is 5.13. The standard InChI is InChI=1S/C17H23N3O5S/c1-24-15(22)11-3-9-26-14(11)20-6-2-12(13(20)21)19-16(23)17(10-18)4-7-25-8-5-17/h3,9,12H,2,4-8,10,18H2,1H3,(H,19,23). The van der Waals surface area contributed by atoms with Crippen molar-refractivity contribution < 1.29 is 23.9 Å². The highest BCUT2D eigenvalue weighted by molar-refractivity contribution is 7.14. The zero-order chi connectivity index (χ0) is 18.7. The van der Waals surface area contributed by atoms with Crippen molar-refractivity contribution >= 4 is 34.1 Å². The van der Waals surface area contributed by atoms with Crippen LogP contribution in [0.1, 0.15) is 29.6 Å². The minimum absolute atomic E-state index is 0.192. The number of amides is 2. The Balaban J connectivity index is 1.71. The molecule has 0 radical (unpaired) electrons. The summed E-state index contributed by atoms with van der Waals surface area (Å²) in [5, 5.41) is 5.16. The smallest absolute Gasteiger partial charge is 0.340 e. The molecule has 8 nitrogen and oxygen atoms in total. The van der Waals surface area contributed by atoms with Crippen LogP contribution in [-0.2, 0) is 19.1 Å². The van der Waals surface area contributed by atoms with Crippen molar-refractivity contribution in [3.8, 4) is 0 Å². The van der Waals surface area contributed by atoms with Gasteiger partial charge in [0.1, 0.15) is 11.0 Å². The van der Waals surface area contributed by atoms with E-state index in [1.54, 1.807) is 16.3 Å². The summed E-state index contributed by atoms with van der Waals surface area (Å²) in [6, 6.07) is 1.03. The first-order valence-electron chi connectivity index (χ1n) is 8.58. The summed E-state index contributed by atoms with van der Waals surface area (Å²) in [4.78, 5) is 39.0. The highest BCUT2D eigenvalue weighted by Gasteiger charge is 2.43. The molecule has 2 fully saturated rings. The molecule has 3 N–H and O–H groups in total. The Labute approximate surface area is 155 Å². The molecule has 2 aliphatic heterocycles. The van der Waals surface area contributed by atoms with Crippen molar-refractivity contribution in [2.45, 2.75) is 25.3 Å². The predicted octanol–water partition coefficient (Wildman–Crippen LogP) is 0.512. The van der Waals surface area contributed by atoms with E-state index in [1.165, 1.54) is 18.4 Å². The van der Waals surface area contributed by atoms with E-state index in [9.17, 15) is 14.4 Å². The molecule has 26 heavy (non-hydrogen) atoms. The quantitative estimate of drug-likeness (QED) is 0.719. The van der Waals surface area contributed by atoms with Gasteiger partial charge < -0.3 is 25.4 Å². The van der Waals surface area contributed by atoms with Crippen LogP contribution in [0.4, 0.5) is 5.00 Å². The number of nitrogens with two attached hydrogens (primary N) is 1. The normalized spacial score (nSPS) is 22.3. The summed E-state index contributed by atoms with van der Waals surface area (Å²) < 4.78 is 10.1. The van der Waals surface area contributed by atoms with Gasteiger partial charge in [-0.25, -0.2) is 4.79 Å². The maximum absolute atomic E-state index is 12.8. The summed E-state index contributed by atoms with van der Waals surface area (Å²) >= 11 is 1.30. The lowest BCUT2D eigenvalue weighted by atomic mass is 9.79. The monoisotopic (exact) mass is 381 g/mol. The number of nitrogens with zero attached hydrogens (tertiary/aromatic N) is 1. The summed E-state index contributed by atoms with van der Waals surface area (Å²) in [5.41, 5.74) is 5.55. The van der Waals surface area contributed by atoms with E-state index in [0.29, 0.717) is 49.6 Å². The van der Waals surface area contributed by atoms with Gasteiger partial charge in [-0.1, -0.05) is 0 Å². The minimum atomic E-state index is -0.675. The number of hydrogen-bond donors (Lipinski definition) is 2. The largest absolute Gasteiger partial charge is 0.465 e. The van der Waals surface area contributed by atoms with Crippen LogP contribution in [0.3, 0.4) is 0 Å². The van der Waals surface area contributed by atoms with Gasteiger partial charge in [-0.15, -0.1) is 11.3 Å². The Hall–Kier alpha value is -1.97. The fraction of sp³-hybridized carbons (Fsp3) is 0.588. The number of anilines is 1. The maximum atomic E-state index is 12.8. The average molecular weight is 381 g/mol. The van der Waals surface area contributed by atoms with Crippen molar-refractivity contribution in [1.29, 1.82) is 0 Å². The van der Waals surface area contributed by atoms with E-state index in [2.05, 4.69) is 5.32 Å². The third-order valence-corrected chi connectivity index (χ3v) is 6.06. The van der Waals surface area contributed by atoms with Gasteiger partial charge in [0, 0.05) is 26.3 Å². The van der Waals surface area contributed by atoms with Crippen LogP contribution < -0.4 is 16.0 Å². The fourth-order valence-corrected chi connectivity index (χ4v) is 4.31. The summed E-state index contributed by atoms with van der Waals surface area (Å²) in [5.74, 6) is -0.890. The predicted molar refractivity (Wildman–Crippen MR) is 96.1 cm³/mol. The third kappa shape index (κ3) is 3.34. The second-order valence-corrected chi connectivity index (χ2v) is 7.43. The van der Waals surface area contributed by atoms with E-state index in [0.717, 1.165) is 0 Å². The van der Waals surface area contributed by atoms with Gasteiger partial charge in [-0.3, -0.25) is 9.59 Å². The SMILES string of the molecule is COC(=O)c1ccsc1N1CCC(NC(=O)C2(CN)CCOCC2)C1=O. The number of thiophene rings is 1. The van der Waals surface area contributed by atoms with E-state index in [-0.39, 0.29) is 18.4 Å². The summed E-state index contributed by atoms with van der Waals surface area (Å²) in [7, 11) is 1.30. The molecule has 0 aromatic carbocycles. The molecule has 2 amide bonds. The van der Waals surface area contributed by atoms with E-state index in [4.69, 9.17) is 15.2 Å². The lowest BCUT2D eigenvalue weighted by Gasteiger charge is -2.35. The molecular weight excluding hydrogens is 358 g/mol. The Morgan fingerprint density at radius 3 is 2.85 bits per heavy atom. The number of nitrogens with one attached hydrogen (secondary N) is 1. The molecule has 0 saturated carbocycles. The molecule has 0 spiro atoms. The molecule has 3 heterocycles. The Kier molecular flexibility index (Phi) is 5.59. The molecule has 0 aliphatic carbocycles. The van der Waals surface area contributed by atoms with Gasteiger partial charge in [-0.2, -0.15) is 0 Å².